The van der Waals surface area contributed by atoms with Gasteiger partial charge in [0.25, 0.3) is 0 Å². The quantitative estimate of drug-likeness (QED) is 0.703. The van der Waals surface area contributed by atoms with E-state index in [1.54, 1.807) is 18.5 Å². The standard InChI is InChI=1S/C18H17ClN4O2/c19-15-5-1-3-13(11-15)8-10-21-16(24)6-7-17-22-23-18(25-17)14-4-2-9-20-12-14/h1-5,9,11-12H,6-8,10H2,(H,21,24). The van der Waals surface area contributed by atoms with Crippen LogP contribution in [0, 0.1) is 0 Å². The Morgan fingerprint density at radius 3 is 2.88 bits per heavy atom. The van der Waals surface area contributed by atoms with Crippen LogP contribution in [0.25, 0.3) is 11.5 Å². The molecule has 0 radical (unpaired) electrons. The number of amides is 1. The van der Waals surface area contributed by atoms with Crippen molar-refractivity contribution in [2.45, 2.75) is 19.3 Å². The van der Waals surface area contributed by atoms with Gasteiger partial charge in [0, 0.05) is 36.8 Å². The van der Waals surface area contributed by atoms with Gasteiger partial charge < -0.3 is 9.73 Å². The van der Waals surface area contributed by atoms with Crippen LogP contribution in [0.2, 0.25) is 5.02 Å². The molecule has 0 atom stereocenters. The minimum atomic E-state index is -0.0526. The molecule has 0 fully saturated rings. The van der Waals surface area contributed by atoms with Gasteiger partial charge in [-0.15, -0.1) is 10.2 Å². The lowest BCUT2D eigenvalue weighted by atomic mass is 10.1. The van der Waals surface area contributed by atoms with E-state index in [0.717, 1.165) is 17.5 Å². The molecule has 2 aromatic heterocycles. The predicted molar refractivity (Wildman–Crippen MR) is 94.0 cm³/mol. The SMILES string of the molecule is O=C(CCc1nnc(-c2cccnc2)o1)NCCc1cccc(Cl)c1. The van der Waals surface area contributed by atoms with Gasteiger partial charge in [0.2, 0.25) is 17.7 Å². The van der Waals surface area contributed by atoms with E-state index in [-0.39, 0.29) is 5.91 Å². The van der Waals surface area contributed by atoms with Crippen LogP contribution in [-0.2, 0) is 17.6 Å². The molecule has 6 nitrogen and oxygen atoms in total. The normalized spacial score (nSPS) is 10.6. The van der Waals surface area contributed by atoms with E-state index < -0.39 is 0 Å². The number of carbonyl (C=O) groups excluding carboxylic acids is 1. The Morgan fingerprint density at radius 2 is 2.08 bits per heavy atom. The third kappa shape index (κ3) is 5.12. The molecule has 128 valence electrons. The van der Waals surface area contributed by atoms with Crippen LogP contribution in [0.15, 0.2) is 53.2 Å². The van der Waals surface area contributed by atoms with Crippen LogP contribution in [0.4, 0.5) is 0 Å². The fourth-order valence-electron chi connectivity index (χ4n) is 2.31. The summed E-state index contributed by atoms with van der Waals surface area (Å²) in [5, 5.41) is 11.5. The number of halogens is 1. The van der Waals surface area contributed by atoms with Crippen LogP contribution in [-0.4, -0.2) is 27.6 Å². The molecule has 0 bridgehead atoms. The molecule has 0 aliphatic carbocycles. The third-order valence-electron chi connectivity index (χ3n) is 3.57. The first-order valence-corrected chi connectivity index (χ1v) is 8.32. The molecule has 1 amide bonds. The Kier molecular flexibility index (Phi) is 5.74. The highest BCUT2D eigenvalue weighted by Gasteiger charge is 2.10. The number of nitrogens with zero attached hydrogens (tertiary/aromatic N) is 3. The highest BCUT2D eigenvalue weighted by Crippen LogP contribution is 2.16. The Labute approximate surface area is 150 Å². The summed E-state index contributed by atoms with van der Waals surface area (Å²) < 4.78 is 5.55. The Bertz CT molecular complexity index is 836. The maximum absolute atomic E-state index is 11.9. The number of hydrogen-bond donors (Lipinski definition) is 1. The van der Waals surface area contributed by atoms with Gasteiger partial charge in [0.15, 0.2) is 0 Å². The average Bonchev–Trinajstić information content (AvgIpc) is 3.10. The number of nitrogens with one attached hydrogen (secondary N) is 1. The predicted octanol–water partition coefficient (Wildman–Crippen LogP) is 3.08. The molecule has 3 aromatic rings. The van der Waals surface area contributed by atoms with Crippen molar-refractivity contribution in [1.82, 2.24) is 20.5 Å². The highest BCUT2D eigenvalue weighted by molar-refractivity contribution is 6.30. The van der Waals surface area contributed by atoms with Gasteiger partial charge >= 0.3 is 0 Å². The summed E-state index contributed by atoms with van der Waals surface area (Å²) in [5.74, 6) is 0.788. The van der Waals surface area contributed by atoms with E-state index in [1.807, 2.05) is 30.3 Å². The van der Waals surface area contributed by atoms with Crippen molar-refractivity contribution >= 4 is 17.5 Å². The van der Waals surface area contributed by atoms with Gasteiger partial charge in [-0.25, -0.2) is 0 Å². The third-order valence-corrected chi connectivity index (χ3v) is 3.80. The molecule has 0 aliphatic rings. The molecule has 1 N–H and O–H groups in total. The second-order valence-electron chi connectivity index (χ2n) is 5.47. The fourth-order valence-corrected chi connectivity index (χ4v) is 2.52. The summed E-state index contributed by atoms with van der Waals surface area (Å²) >= 11 is 5.94. The molecule has 0 saturated heterocycles. The van der Waals surface area contributed by atoms with E-state index in [4.69, 9.17) is 16.0 Å². The molecule has 0 spiro atoms. The van der Waals surface area contributed by atoms with Crippen LogP contribution >= 0.6 is 11.6 Å². The molecule has 3 rings (SSSR count). The zero-order chi connectivity index (χ0) is 17.5. The lowest BCUT2D eigenvalue weighted by Crippen LogP contribution is -2.25. The van der Waals surface area contributed by atoms with E-state index >= 15 is 0 Å². The number of aryl methyl sites for hydroxylation is 1. The maximum Gasteiger partial charge on any atom is 0.249 e. The second kappa shape index (κ2) is 8.39. The summed E-state index contributed by atoms with van der Waals surface area (Å²) in [7, 11) is 0. The summed E-state index contributed by atoms with van der Waals surface area (Å²) in [6.45, 7) is 0.559. The lowest BCUT2D eigenvalue weighted by molar-refractivity contribution is -0.121. The van der Waals surface area contributed by atoms with Gasteiger partial charge in [-0.05, 0) is 36.2 Å². The molecular weight excluding hydrogens is 340 g/mol. The zero-order valence-corrected chi connectivity index (χ0v) is 14.2. The molecule has 0 unspecified atom stereocenters. The number of hydrogen-bond acceptors (Lipinski definition) is 5. The van der Waals surface area contributed by atoms with Crippen LogP contribution < -0.4 is 5.32 Å². The van der Waals surface area contributed by atoms with Crippen molar-refractivity contribution in [3.05, 3.63) is 65.3 Å². The first kappa shape index (κ1) is 17.1. The topological polar surface area (TPSA) is 80.9 Å². The number of rotatable bonds is 7. The maximum atomic E-state index is 11.9. The van der Waals surface area contributed by atoms with Crippen LogP contribution in [0.5, 0.6) is 0 Å². The smallest absolute Gasteiger partial charge is 0.249 e. The molecule has 0 aliphatic heterocycles. The number of pyridine rings is 1. The van der Waals surface area contributed by atoms with Crippen molar-refractivity contribution in [3.63, 3.8) is 0 Å². The minimum Gasteiger partial charge on any atom is -0.421 e. The van der Waals surface area contributed by atoms with E-state index in [1.165, 1.54) is 0 Å². The summed E-state index contributed by atoms with van der Waals surface area (Å²) in [5.41, 5.74) is 1.85. The number of carbonyl (C=O) groups is 1. The molecule has 7 heteroatoms. The zero-order valence-electron chi connectivity index (χ0n) is 13.5. The van der Waals surface area contributed by atoms with Crippen LogP contribution in [0.3, 0.4) is 0 Å². The number of benzene rings is 1. The van der Waals surface area contributed by atoms with Crippen molar-refractivity contribution in [1.29, 1.82) is 0 Å². The molecule has 2 heterocycles. The monoisotopic (exact) mass is 356 g/mol. The van der Waals surface area contributed by atoms with Crippen molar-refractivity contribution in [2.75, 3.05) is 6.54 Å². The Morgan fingerprint density at radius 1 is 1.16 bits per heavy atom. The Hall–Kier alpha value is -2.73. The van der Waals surface area contributed by atoms with Crippen molar-refractivity contribution in [2.24, 2.45) is 0 Å². The van der Waals surface area contributed by atoms with E-state index in [2.05, 4.69) is 20.5 Å². The fraction of sp³-hybridized carbons (Fsp3) is 0.222. The van der Waals surface area contributed by atoms with Gasteiger partial charge in [-0.3, -0.25) is 9.78 Å². The second-order valence-corrected chi connectivity index (χ2v) is 5.91. The van der Waals surface area contributed by atoms with Gasteiger partial charge in [-0.2, -0.15) is 0 Å². The minimum absolute atomic E-state index is 0.0526. The van der Waals surface area contributed by atoms with Gasteiger partial charge in [0.05, 0.1) is 5.56 Å². The summed E-state index contributed by atoms with van der Waals surface area (Å²) in [6.07, 6.45) is 4.76. The first-order valence-electron chi connectivity index (χ1n) is 7.94. The van der Waals surface area contributed by atoms with Gasteiger partial charge in [0.1, 0.15) is 0 Å². The van der Waals surface area contributed by atoms with Gasteiger partial charge in [-0.1, -0.05) is 23.7 Å². The largest absolute Gasteiger partial charge is 0.421 e. The van der Waals surface area contributed by atoms with Crippen molar-refractivity contribution < 1.29 is 9.21 Å². The lowest BCUT2D eigenvalue weighted by Gasteiger charge is -2.05. The molecule has 1 aromatic carbocycles. The Balaban J connectivity index is 1.43. The van der Waals surface area contributed by atoms with Crippen molar-refractivity contribution in [3.8, 4) is 11.5 Å². The van der Waals surface area contributed by atoms with E-state index in [9.17, 15) is 4.79 Å². The highest BCUT2D eigenvalue weighted by atomic mass is 35.5. The summed E-state index contributed by atoms with van der Waals surface area (Å²) in [6, 6.07) is 11.2. The first-order chi connectivity index (χ1) is 12.2. The van der Waals surface area contributed by atoms with Crippen LogP contribution in [0.1, 0.15) is 17.9 Å². The van der Waals surface area contributed by atoms with E-state index in [0.29, 0.717) is 36.2 Å². The molecule has 25 heavy (non-hydrogen) atoms. The molecule has 0 saturated carbocycles. The average molecular weight is 357 g/mol. The number of aromatic nitrogens is 3. The molecular formula is C18H17ClN4O2. The summed E-state index contributed by atoms with van der Waals surface area (Å²) in [4.78, 5) is 15.9.